The van der Waals surface area contributed by atoms with Gasteiger partial charge in [-0.2, -0.15) is 15.2 Å². The molecular formula is C16H14N4OS. The summed E-state index contributed by atoms with van der Waals surface area (Å²) in [6, 6.07) is 12.1. The second-order valence-electron chi connectivity index (χ2n) is 4.71. The lowest BCUT2D eigenvalue weighted by atomic mass is 10.1. The SMILES string of the molecule is CCCOc1nc(-c2ccccc2)c2c(N)c(C#N)sc2n1. The number of nitrogens with two attached hydrogens (primary N) is 1. The molecule has 0 atom stereocenters. The monoisotopic (exact) mass is 310 g/mol. The van der Waals surface area contributed by atoms with Crippen molar-refractivity contribution in [2.45, 2.75) is 13.3 Å². The minimum atomic E-state index is 0.318. The number of nitriles is 1. The van der Waals surface area contributed by atoms with Crippen LogP contribution in [0.2, 0.25) is 0 Å². The molecule has 22 heavy (non-hydrogen) atoms. The Morgan fingerprint density at radius 2 is 2.05 bits per heavy atom. The van der Waals surface area contributed by atoms with E-state index in [1.807, 2.05) is 37.3 Å². The van der Waals surface area contributed by atoms with Gasteiger partial charge in [-0.05, 0) is 6.42 Å². The predicted octanol–water partition coefficient (Wildman–Crippen LogP) is 3.60. The number of fused-ring (bicyclic) bond motifs is 1. The van der Waals surface area contributed by atoms with Crippen molar-refractivity contribution in [1.82, 2.24) is 9.97 Å². The number of ether oxygens (including phenoxy) is 1. The second kappa shape index (κ2) is 6.00. The van der Waals surface area contributed by atoms with E-state index in [0.717, 1.165) is 17.4 Å². The third kappa shape index (κ3) is 2.47. The van der Waals surface area contributed by atoms with Gasteiger partial charge < -0.3 is 10.5 Å². The summed E-state index contributed by atoms with van der Waals surface area (Å²) in [4.78, 5) is 10.0. The summed E-state index contributed by atoms with van der Waals surface area (Å²) in [7, 11) is 0. The Morgan fingerprint density at radius 1 is 1.27 bits per heavy atom. The highest BCUT2D eigenvalue weighted by Crippen LogP contribution is 2.38. The van der Waals surface area contributed by atoms with Gasteiger partial charge in [-0.1, -0.05) is 37.3 Å². The van der Waals surface area contributed by atoms with Crippen LogP contribution in [0.5, 0.6) is 6.01 Å². The van der Waals surface area contributed by atoms with Gasteiger partial charge in [-0.15, -0.1) is 11.3 Å². The average molecular weight is 310 g/mol. The molecule has 6 heteroatoms. The molecule has 0 aliphatic carbocycles. The molecule has 0 unspecified atom stereocenters. The fourth-order valence-corrected chi connectivity index (χ4v) is 3.03. The van der Waals surface area contributed by atoms with E-state index in [9.17, 15) is 5.26 Å². The first-order chi connectivity index (χ1) is 10.7. The minimum absolute atomic E-state index is 0.318. The van der Waals surface area contributed by atoms with E-state index in [1.165, 1.54) is 11.3 Å². The minimum Gasteiger partial charge on any atom is -0.463 e. The van der Waals surface area contributed by atoms with Crippen molar-refractivity contribution < 1.29 is 4.74 Å². The molecule has 0 radical (unpaired) electrons. The zero-order chi connectivity index (χ0) is 15.5. The second-order valence-corrected chi connectivity index (χ2v) is 5.71. The van der Waals surface area contributed by atoms with Crippen LogP contribution in [0.1, 0.15) is 18.2 Å². The number of hydrogen-bond acceptors (Lipinski definition) is 6. The Balaban J connectivity index is 2.26. The largest absolute Gasteiger partial charge is 0.463 e. The molecule has 2 aromatic heterocycles. The topological polar surface area (TPSA) is 84.8 Å². The fourth-order valence-electron chi connectivity index (χ4n) is 2.15. The van der Waals surface area contributed by atoms with Crippen LogP contribution in [0.4, 0.5) is 5.69 Å². The maximum atomic E-state index is 9.19. The standard InChI is InChI=1S/C16H14N4OS/c1-2-8-21-16-19-14(10-6-4-3-5-7-10)12-13(18)11(9-17)22-15(12)20-16/h3-7H,2,8,18H2,1H3. The molecule has 110 valence electrons. The van der Waals surface area contributed by atoms with Gasteiger partial charge in [0.05, 0.1) is 23.4 Å². The number of benzene rings is 1. The van der Waals surface area contributed by atoms with Gasteiger partial charge >= 0.3 is 6.01 Å². The van der Waals surface area contributed by atoms with Crippen molar-refractivity contribution in [1.29, 1.82) is 5.26 Å². The Labute approximate surface area is 132 Å². The van der Waals surface area contributed by atoms with Gasteiger partial charge in [0, 0.05) is 5.56 Å². The molecule has 5 nitrogen and oxygen atoms in total. The number of thiophene rings is 1. The van der Waals surface area contributed by atoms with E-state index in [0.29, 0.717) is 33.7 Å². The van der Waals surface area contributed by atoms with Crippen molar-refractivity contribution in [3.05, 3.63) is 35.2 Å². The first kappa shape index (κ1) is 14.3. The van der Waals surface area contributed by atoms with E-state index in [-0.39, 0.29) is 0 Å². The van der Waals surface area contributed by atoms with Gasteiger partial charge in [0.2, 0.25) is 0 Å². The molecule has 0 fully saturated rings. The van der Waals surface area contributed by atoms with Crippen molar-refractivity contribution in [3.8, 4) is 23.3 Å². The van der Waals surface area contributed by atoms with Crippen molar-refractivity contribution >= 4 is 27.2 Å². The van der Waals surface area contributed by atoms with Gasteiger partial charge in [0.15, 0.2) is 0 Å². The van der Waals surface area contributed by atoms with Crippen molar-refractivity contribution in [2.75, 3.05) is 12.3 Å². The van der Waals surface area contributed by atoms with E-state index in [2.05, 4.69) is 16.0 Å². The third-order valence-electron chi connectivity index (χ3n) is 3.15. The fraction of sp³-hybridized carbons (Fsp3) is 0.188. The maximum absolute atomic E-state index is 9.19. The van der Waals surface area contributed by atoms with Gasteiger partial charge in [-0.25, -0.2) is 0 Å². The molecule has 0 saturated carbocycles. The lowest BCUT2D eigenvalue weighted by Crippen LogP contribution is -2.01. The van der Waals surface area contributed by atoms with Crippen LogP contribution in [0.25, 0.3) is 21.5 Å². The molecule has 2 N–H and O–H groups in total. The summed E-state index contributed by atoms with van der Waals surface area (Å²) in [6.07, 6.45) is 0.873. The van der Waals surface area contributed by atoms with Gasteiger partial charge in [0.25, 0.3) is 0 Å². The predicted molar refractivity (Wildman–Crippen MR) is 87.8 cm³/mol. The molecule has 0 spiro atoms. The summed E-state index contributed by atoms with van der Waals surface area (Å²) in [5, 5.41) is 9.91. The molecule has 3 aromatic rings. The number of rotatable bonds is 4. The molecule has 2 heterocycles. The quantitative estimate of drug-likeness (QED) is 0.795. The number of nitrogen functional groups attached to an aromatic ring is 1. The first-order valence-corrected chi connectivity index (χ1v) is 7.74. The zero-order valence-corrected chi connectivity index (χ0v) is 12.9. The molecule has 0 amide bonds. The van der Waals surface area contributed by atoms with E-state index in [1.54, 1.807) is 0 Å². The first-order valence-electron chi connectivity index (χ1n) is 6.93. The van der Waals surface area contributed by atoms with Crippen LogP contribution >= 0.6 is 11.3 Å². The van der Waals surface area contributed by atoms with E-state index in [4.69, 9.17) is 10.5 Å². The highest BCUT2D eigenvalue weighted by molar-refractivity contribution is 7.20. The van der Waals surface area contributed by atoms with Gasteiger partial charge in [0.1, 0.15) is 15.8 Å². The summed E-state index contributed by atoms with van der Waals surface area (Å²) >= 11 is 1.26. The molecule has 0 aliphatic heterocycles. The van der Waals surface area contributed by atoms with Crippen LogP contribution in [0.15, 0.2) is 30.3 Å². The van der Waals surface area contributed by atoms with Crippen LogP contribution < -0.4 is 10.5 Å². The molecule has 1 aromatic carbocycles. The Hall–Kier alpha value is -2.65. The number of aromatic nitrogens is 2. The van der Waals surface area contributed by atoms with Crippen LogP contribution in [-0.4, -0.2) is 16.6 Å². The number of anilines is 1. The molecule has 3 rings (SSSR count). The van der Waals surface area contributed by atoms with Crippen molar-refractivity contribution in [2.24, 2.45) is 0 Å². The summed E-state index contributed by atoms with van der Waals surface area (Å²) in [6.45, 7) is 2.57. The highest BCUT2D eigenvalue weighted by Gasteiger charge is 2.18. The normalized spacial score (nSPS) is 10.5. The summed E-state index contributed by atoms with van der Waals surface area (Å²) in [5.41, 5.74) is 8.16. The van der Waals surface area contributed by atoms with Gasteiger partial charge in [-0.3, -0.25) is 0 Å². The van der Waals surface area contributed by atoms with Crippen LogP contribution in [0.3, 0.4) is 0 Å². The highest BCUT2D eigenvalue weighted by atomic mass is 32.1. The maximum Gasteiger partial charge on any atom is 0.318 e. The molecule has 0 bridgehead atoms. The van der Waals surface area contributed by atoms with Crippen LogP contribution in [-0.2, 0) is 0 Å². The van der Waals surface area contributed by atoms with Crippen LogP contribution in [0, 0.1) is 11.3 Å². The van der Waals surface area contributed by atoms with Crippen molar-refractivity contribution in [3.63, 3.8) is 0 Å². The molecule has 0 aliphatic rings. The lowest BCUT2D eigenvalue weighted by Gasteiger charge is -2.07. The zero-order valence-electron chi connectivity index (χ0n) is 12.0. The molecular weight excluding hydrogens is 296 g/mol. The van der Waals surface area contributed by atoms with E-state index < -0.39 is 0 Å². The Morgan fingerprint density at radius 3 is 2.73 bits per heavy atom. The Kier molecular flexibility index (Phi) is 3.90. The Bertz CT molecular complexity index is 852. The third-order valence-corrected chi connectivity index (χ3v) is 4.16. The molecule has 0 saturated heterocycles. The van der Waals surface area contributed by atoms with E-state index >= 15 is 0 Å². The summed E-state index contributed by atoms with van der Waals surface area (Å²) < 4.78 is 5.57. The smallest absolute Gasteiger partial charge is 0.318 e. The number of nitrogens with zero attached hydrogens (tertiary/aromatic N) is 3. The average Bonchev–Trinajstić information content (AvgIpc) is 2.89. The summed E-state index contributed by atoms with van der Waals surface area (Å²) in [5.74, 6) is 0. The number of hydrogen-bond donors (Lipinski definition) is 1. The lowest BCUT2D eigenvalue weighted by molar-refractivity contribution is 0.294.